The summed E-state index contributed by atoms with van der Waals surface area (Å²) in [4.78, 5) is 11.0. The van der Waals surface area contributed by atoms with Crippen molar-refractivity contribution in [2.75, 3.05) is 6.61 Å². The third-order valence-electron chi connectivity index (χ3n) is 3.02. The predicted molar refractivity (Wildman–Crippen MR) is 85.7 cm³/mol. The Morgan fingerprint density at radius 3 is 2.55 bits per heavy atom. The highest BCUT2D eigenvalue weighted by atomic mass is 127. The number of carboxylic acids is 1. The summed E-state index contributed by atoms with van der Waals surface area (Å²) in [5.41, 5.74) is 0.0910. The topological polar surface area (TPSA) is 63.6 Å². The lowest BCUT2D eigenvalue weighted by molar-refractivity contribution is 0.0695. The molecule has 0 fully saturated rings. The summed E-state index contributed by atoms with van der Waals surface area (Å²) in [6.07, 6.45) is 7.11. The Kier molecular flexibility index (Phi) is 8.41. The number of ether oxygens (including phenoxy) is 1. The van der Waals surface area contributed by atoms with E-state index >= 15 is 0 Å². The van der Waals surface area contributed by atoms with Crippen molar-refractivity contribution in [3.05, 3.63) is 27.3 Å². The number of carboxylic acid groups (broad SMARTS) is 1. The van der Waals surface area contributed by atoms with E-state index in [4.69, 9.17) is 9.84 Å². The minimum atomic E-state index is -1.47. The molecule has 1 N–H and O–H groups in total. The van der Waals surface area contributed by atoms with E-state index in [1.54, 1.807) is 12.1 Å². The van der Waals surface area contributed by atoms with Gasteiger partial charge >= 0.3 is 5.97 Å². The Morgan fingerprint density at radius 1 is 1.20 bits per heavy atom. The van der Waals surface area contributed by atoms with Gasteiger partial charge < -0.3 is 9.84 Å². The molecular weight excluding hydrogens is 371 g/mol. The fourth-order valence-corrected chi connectivity index (χ4v) is 2.85. The molecule has 0 atom stereocenters. The zero-order valence-electron chi connectivity index (χ0n) is 11.7. The van der Waals surface area contributed by atoms with Gasteiger partial charge in [0.2, 0.25) is 0 Å². The molecule has 0 radical (unpaired) electrons. The summed E-state index contributed by atoms with van der Waals surface area (Å²) in [7, 11) is 0. The first kappa shape index (κ1) is 17.1. The number of hydrogen-bond acceptors (Lipinski definition) is 3. The van der Waals surface area contributed by atoms with Crippen molar-refractivity contribution in [1.29, 1.82) is 0 Å². The van der Waals surface area contributed by atoms with Crippen molar-refractivity contribution in [2.24, 2.45) is 0 Å². The quantitative estimate of drug-likeness (QED) is 0.467. The number of rotatable bonds is 10. The van der Waals surface area contributed by atoms with Gasteiger partial charge in [-0.1, -0.05) is 39.0 Å². The lowest BCUT2D eigenvalue weighted by Gasteiger charge is -2.07. The van der Waals surface area contributed by atoms with Crippen molar-refractivity contribution in [1.82, 2.24) is 0 Å². The van der Waals surface area contributed by atoms with Crippen LogP contribution >= 0.6 is 21.2 Å². The Labute approximate surface area is 130 Å². The minimum absolute atomic E-state index is 0.0910. The third-order valence-corrected chi connectivity index (χ3v) is 4.43. The van der Waals surface area contributed by atoms with Crippen molar-refractivity contribution >= 4 is 27.2 Å². The van der Waals surface area contributed by atoms with Crippen LogP contribution in [0.2, 0.25) is 0 Å². The van der Waals surface area contributed by atoms with Crippen LogP contribution < -0.4 is 4.74 Å². The SMILES string of the molecule is CCCCCCCCOc1ccc(I=O)c(C(=O)O)c1. The van der Waals surface area contributed by atoms with Gasteiger partial charge in [-0.15, -0.1) is 0 Å². The number of unbranched alkanes of at least 4 members (excludes halogenated alkanes) is 5. The summed E-state index contributed by atoms with van der Waals surface area (Å²) in [5.74, 6) is -0.516. The van der Waals surface area contributed by atoms with Gasteiger partial charge in [-0.2, -0.15) is 0 Å². The fourth-order valence-electron chi connectivity index (χ4n) is 1.90. The average molecular weight is 392 g/mol. The average Bonchev–Trinajstić information content (AvgIpc) is 2.46. The maximum Gasteiger partial charge on any atom is 0.337 e. The Balaban J connectivity index is 2.39. The summed E-state index contributed by atoms with van der Waals surface area (Å²) in [6.45, 7) is 2.79. The maximum absolute atomic E-state index is 11.0. The number of aromatic carboxylic acids is 1. The molecule has 0 aromatic heterocycles. The maximum atomic E-state index is 11.0. The molecule has 0 aliphatic rings. The van der Waals surface area contributed by atoms with Gasteiger partial charge in [-0.3, -0.25) is 3.07 Å². The highest BCUT2D eigenvalue weighted by Crippen LogP contribution is 2.22. The molecule has 0 saturated carbocycles. The van der Waals surface area contributed by atoms with Crippen LogP contribution in [-0.4, -0.2) is 17.7 Å². The van der Waals surface area contributed by atoms with Gasteiger partial charge in [0.05, 0.1) is 15.7 Å². The zero-order chi connectivity index (χ0) is 14.8. The Hall–Kier alpha value is -0.980. The van der Waals surface area contributed by atoms with Gasteiger partial charge in [0, 0.05) is 0 Å². The second kappa shape index (κ2) is 9.85. The molecular formula is C15H21IO4. The predicted octanol–water partition coefficient (Wildman–Crippen LogP) is 4.61. The van der Waals surface area contributed by atoms with Crippen LogP contribution in [-0.2, 0) is 3.07 Å². The second-order valence-corrected chi connectivity index (χ2v) is 6.24. The largest absolute Gasteiger partial charge is 0.494 e. The molecule has 0 aliphatic carbocycles. The number of carbonyl (C=O) groups is 1. The molecule has 20 heavy (non-hydrogen) atoms. The van der Waals surface area contributed by atoms with E-state index < -0.39 is 27.2 Å². The van der Waals surface area contributed by atoms with Gasteiger partial charge in [-0.05, 0) is 24.6 Å². The molecule has 1 aromatic carbocycles. The molecule has 0 bridgehead atoms. The fraction of sp³-hybridized carbons (Fsp3) is 0.533. The molecule has 4 nitrogen and oxygen atoms in total. The van der Waals surface area contributed by atoms with Crippen LogP contribution in [0.25, 0.3) is 0 Å². The zero-order valence-corrected chi connectivity index (χ0v) is 13.9. The highest BCUT2D eigenvalue weighted by Gasteiger charge is 2.11. The molecule has 5 heteroatoms. The number of benzene rings is 1. The molecule has 1 rings (SSSR count). The summed E-state index contributed by atoms with van der Waals surface area (Å²) < 4.78 is 16.9. The lowest BCUT2D eigenvalue weighted by atomic mass is 10.1. The summed E-state index contributed by atoms with van der Waals surface area (Å²) in [6, 6.07) is 4.74. The van der Waals surface area contributed by atoms with E-state index in [0.717, 1.165) is 12.8 Å². The summed E-state index contributed by atoms with van der Waals surface area (Å²) in [5, 5.41) is 9.04. The number of hydrogen-bond donors (Lipinski definition) is 1. The smallest absolute Gasteiger partial charge is 0.337 e. The molecule has 1 aromatic rings. The van der Waals surface area contributed by atoms with Gasteiger partial charge in [0.15, 0.2) is 21.2 Å². The molecule has 0 amide bonds. The first-order valence-corrected chi connectivity index (χ1v) is 8.92. The van der Waals surface area contributed by atoms with Crippen molar-refractivity contribution in [3.8, 4) is 5.75 Å². The first-order valence-electron chi connectivity index (χ1n) is 6.96. The van der Waals surface area contributed by atoms with Crippen LogP contribution in [0.1, 0.15) is 55.8 Å². The molecule has 0 heterocycles. The Morgan fingerprint density at radius 2 is 1.90 bits per heavy atom. The first-order chi connectivity index (χ1) is 9.69. The Bertz CT molecular complexity index is 445. The van der Waals surface area contributed by atoms with E-state index in [0.29, 0.717) is 15.9 Å². The van der Waals surface area contributed by atoms with E-state index in [9.17, 15) is 7.86 Å². The van der Waals surface area contributed by atoms with Crippen LogP contribution in [0.3, 0.4) is 0 Å². The normalized spacial score (nSPS) is 10.4. The van der Waals surface area contributed by atoms with Gasteiger partial charge in [0.1, 0.15) is 5.75 Å². The second-order valence-electron chi connectivity index (χ2n) is 4.64. The number of halogens is 1. The lowest BCUT2D eigenvalue weighted by Crippen LogP contribution is -2.02. The monoisotopic (exact) mass is 392 g/mol. The molecule has 112 valence electrons. The molecule has 0 saturated heterocycles. The van der Waals surface area contributed by atoms with E-state index in [2.05, 4.69) is 6.92 Å². The summed E-state index contributed by atoms with van der Waals surface area (Å²) >= 11 is -1.47. The molecule has 0 aliphatic heterocycles. The van der Waals surface area contributed by atoms with Gasteiger partial charge in [0.25, 0.3) is 0 Å². The van der Waals surface area contributed by atoms with Crippen molar-refractivity contribution < 1.29 is 17.7 Å². The molecule has 0 spiro atoms. The van der Waals surface area contributed by atoms with Crippen LogP contribution in [0.4, 0.5) is 0 Å². The van der Waals surface area contributed by atoms with E-state index in [1.165, 1.54) is 31.7 Å². The third kappa shape index (κ3) is 5.98. The van der Waals surface area contributed by atoms with Crippen LogP contribution in [0.5, 0.6) is 5.75 Å². The molecule has 0 unspecified atom stereocenters. The van der Waals surface area contributed by atoms with Crippen LogP contribution in [0, 0.1) is 3.57 Å². The van der Waals surface area contributed by atoms with E-state index in [1.807, 2.05) is 0 Å². The highest BCUT2D eigenvalue weighted by molar-refractivity contribution is 14.1. The van der Waals surface area contributed by atoms with Crippen molar-refractivity contribution in [3.63, 3.8) is 0 Å². The van der Waals surface area contributed by atoms with Crippen LogP contribution in [0.15, 0.2) is 18.2 Å². The van der Waals surface area contributed by atoms with E-state index in [-0.39, 0.29) is 5.56 Å². The standard InChI is InChI=1S/C15H21IO4/c1-2-3-4-5-6-7-10-20-12-8-9-14(16-19)13(11-12)15(17)18/h8-9,11H,2-7,10H2,1H3,(H,17,18). The minimum Gasteiger partial charge on any atom is -0.494 e. The van der Waals surface area contributed by atoms with Crippen molar-refractivity contribution in [2.45, 2.75) is 45.4 Å². The van der Waals surface area contributed by atoms with Gasteiger partial charge in [-0.25, -0.2) is 4.79 Å².